The van der Waals surface area contributed by atoms with Crippen molar-refractivity contribution >= 4 is 49.6 Å². The molecule has 10 rings (SSSR count). The number of pyridine rings is 1. The summed E-state index contributed by atoms with van der Waals surface area (Å²) in [5.74, 6) is 0. The molecular weight excluding hydrogens is 655 g/mol. The Labute approximate surface area is 314 Å². The molecular formula is C51H35N3. The van der Waals surface area contributed by atoms with E-state index in [1.54, 1.807) is 0 Å². The lowest BCUT2D eigenvalue weighted by molar-refractivity contribution is 1.18. The molecule has 0 fully saturated rings. The van der Waals surface area contributed by atoms with Gasteiger partial charge in [0.2, 0.25) is 0 Å². The van der Waals surface area contributed by atoms with Crippen molar-refractivity contribution in [1.82, 2.24) is 9.55 Å². The van der Waals surface area contributed by atoms with E-state index < -0.39 is 0 Å². The molecule has 0 amide bonds. The third kappa shape index (κ3) is 5.51. The molecule has 2 heterocycles. The molecule has 0 atom stereocenters. The van der Waals surface area contributed by atoms with E-state index in [4.69, 9.17) is 0 Å². The molecule has 0 bridgehead atoms. The normalized spacial score (nSPS) is 11.3. The zero-order valence-corrected chi connectivity index (χ0v) is 29.5. The molecule has 0 aliphatic rings. The van der Waals surface area contributed by atoms with Crippen LogP contribution >= 0.6 is 0 Å². The third-order valence-electron chi connectivity index (χ3n) is 10.5. The summed E-state index contributed by atoms with van der Waals surface area (Å²) >= 11 is 0. The summed E-state index contributed by atoms with van der Waals surface area (Å²) in [4.78, 5) is 6.73. The molecule has 0 saturated carbocycles. The lowest BCUT2D eigenvalue weighted by Crippen LogP contribution is -2.10. The first-order valence-electron chi connectivity index (χ1n) is 18.4. The molecule has 0 aliphatic carbocycles. The first-order valence-corrected chi connectivity index (χ1v) is 18.4. The standard InChI is InChI=1S/C51H35N3/c1-3-12-38(13-4-1)44-30-32-50(46-18-8-7-17-45(44)46)53(43-28-23-37(24-29-43)40-14-11-33-52-35-40)42-26-21-36(22-27-42)39-25-31-51-48(34-39)47-19-9-10-20-49(47)54(51)41-15-5-2-6-16-41/h1-35H. The smallest absolute Gasteiger partial charge is 0.0541 e. The average Bonchev–Trinajstić information content (AvgIpc) is 3.59. The highest BCUT2D eigenvalue weighted by atomic mass is 15.1. The van der Waals surface area contributed by atoms with Crippen LogP contribution in [0.5, 0.6) is 0 Å². The van der Waals surface area contributed by atoms with Gasteiger partial charge in [0.05, 0.1) is 16.7 Å². The zero-order valence-electron chi connectivity index (χ0n) is 29.5. The van der Waals surface area contributed by atoms with Crippen molar-refractivity contribution in [2.75, 3.05) is 4.90 Å². The molecule has 8 aromatic carbocycles. The summed E-state index contributed by atoms with van der Waals surface area (Å²) in [7, 11) is 0. The van der Waals surface area contributed by atoms with E-state index in [2.05, 4.69) is 209 Å². The fraction of sp³-hybridized carbons (Fsp3) is 0. The van der Waals surface area contributed by atoms with Crippen LogP contribution in [0.3, 0.4) is 0 Å². The summed E-state index contributed by atoms with van der Waals surface area (Å²) in [5.41, 5.74) is 13.9. The fourth-order valence-electron chi connectivity index (χ4n) is 7.92. The van der Waals surface area contributed by atoms with E-state index in [9.17, 15) is 0 Å². The van der Waals surface area contributed by atoms with Crippen molar-refractivity contribution in [1.29, 1.82) is 0 Å². The lowest BCUT2D eigenvalue weighted by Gasteiger charge is -2.28. The monoisotopic (exact) mass is 689 g/mol. The van der Waals surface area contributed by atoms with E-state index in [1.165, 1.54) is 60.5 Å². The maximum Gasteiger partial charge on any atom is 0.0541 e. The number of hydrogen-bond acceptors (Lipinski definition) is 2. The van der Waals surface area contributed by atoms with Crippen LogP contribution in [-0.4, -0.2) is 9.55 Å². The quantitative estimate of drug-likeness (QED) is 0.166. The predicted molar refractivity (Wildman–Crippen MR) is 227 cm³/mol. The van der Waals surface area contributed by atoms with Crippen LogP contribution in [0.25, 0.3) is 71.6 Å². The minimum atomic E-state index is 1.09. The number of benzene rings is 8. The van der Waals surface area contributed by atoms with Crippen LogP contribution in [0.15, 0.2) is 213 Å². The van der Waals surface area contributed by atoms with Gasteiger partial charge in [-0.05, 0) is 105 Å². The van der Waals surface area contributed by atoms with E-state index >= 15 is 0 Å². The second-order valence-corrected chi connectivity index (χ2v) is 13.6. The maximum atomic E-state index is 4.35. The van der Waals surface area contributed by atoms with Gasteiger partial charge in [-0.2, -0.15) is 0 Å². The predicted octanol–water partition coefficient (Wildman–Crippen LogP) is 13.8. The molecule has 0 spiro atoms. The molecule has 0 N–H and O–H groups in total. The van der Waals surface area contributed by atoms with Crippen LogP contribution in [-0.2, 0) is 0 Å². The fourth-order valence-corrected chi connectivity index (χ4v) is 7.92. The number of fused-ring (bicyclic) bond motifs is 4. The van der Waals surface area contributed by atoms with E-state index in [1.807, 2.05) is 18.5 Å². The first-order chi connectivity index (χ1) is 26.8. The van der Waals surface area contributed by atoms with Crippen molar-refractivity contribution in [2.24, 2.45) is 0 Å². The molecule has 3 nitrogen and oxygen atoms in total. The third-order valence-corrected chi connectivity index (χ3v) is 10.5. The highest BCUT2D eigenvalue weighted by molar-refractivity contribution is 6.11. The number of para-hydroxylation sites is 2. The van der Waals surface area contributed by atoms with Crippen molar-refractivity contribution in [2.45, 2.75) is 0 Å². The van der Waals surface area contributed by atoms with Gasteiger partial charge in [0, 0.05) is 45.6 Å². The second kappa shape index (κ2) is 13.4. The summed E-state index contributed by atoms with van der Waals surface area (Å²) in [6.45, 7) is 0. The Morgan fingerprint density at radius 3 is 1.65 bits per heavy atom. The van der Waals surface area contributed by atoms with Gasteiger partial charge in [0.15, 0.2) is 0 Å². The Bertz CT molecular complexity index is 2900. The highest BCUT2D eigenvalue weighted by Gasteiger charge is 2.18. The largest absolute Gasteiger partial charge is 0.310 e. The van der Waals surface area contributed by atoms with Crippen molar-refractivity contribution in [3.8, 4) is 39.1 Å². The SMILES string of the molecule is c1ccc(-c2ccc(N(c3ccc(-c4cccnc4)cc3)c3ccc(-c4ccc5c(c4)c4ccccc4n5-c4ccccc4)cc3)c3ccccc23)cc1. The molecule has 10 aromatic rings. The summed E-state index contributed by atoms with van der Waals surface area (Å²) in [6.07, 6.45) is 3.73. The van der Waals surface area contributed by atoms with E-state index in [0.29, 0.717) is 0 Å². The first kappa shape index (κ1) is 31.5. The van der Waals surface area contributed by atoms with E-state index in [0.717, 1.165) is 28.2 Å². The Balaban J connectivity index is 1.09. The van der Waals surface area contributed by atoms with Crippen LogP contribution in [0.4, 0.5) is 17.1 Å². The van der Waals surface area contributed by atoms with Gasteiger partial charge in [0.25, 0.3) is 0 Å². The van der Waals surface area contributed by atoms with Crippen molar-refractivity contribution < 1.29 is 0 Å². The van der Waals surface area contributed by atoms with E-state index in [-0.39, 0.29) is 0 Å². The van der Waals surface area contributed by atoms with Crippen LogP contribution in [0.1, 0.15) is 0 Å². The van der Waals surface area contributed by atoms with Crippen molar-refractivity contribution in [3.05, 3.63) is 213 Å². The molecule has 0 unspecified atom stereocenters. The number of rotatable bonds is 7. The van der Waals surface area contributed by atoms with Gasteiger partial charge >= 0.3 is 0 Å². The van der Waals surface area contributed by atoms with Gasteiger partial charge in [-0.15, -0.1) is 0 Å². The number of nitrogens with zero attached hydrogens (tertiary/aromatic N) is 3. The highest BCUT2D eigenvalue weighted by Crippen LogP contribution is 2.43. The average molecular weight is 690 g/mol. The number of anilines is 3. The number of hydrogen-bond donors (Lipinski definition) is 0. The lowest BCUT2D eigenvalue weighted by atomic mass is 9.96. The molecule has 254 valence electrons. The van der Waals surface area contributed by atoms with Gasteiger partial charge in [0.1, 0.15) is 0 Å². The Hall–Kier alpha value is -7.23. The molecule has 2 aromatic heterocycles. The maximum absolute atomic E-state index is 4.35. The minimum absolute atomic E-state index is 1.09. The minimum Gasteiger partial charge on any atom is -0.310 e. The zero-order chi connectivity index (χ0) is 35.8. The summed E-state index contributed by atoms with van der Waals surface area (Å²) in [5, 5.41) is 4.91. The molecule has 54 heavy (non-hydrogen) atoms. The Morgan fingerprint density at radius 1 is 0.370 bits per heavy atom. The van der Waals surface area contributed by atoms with Gasteiger partial charge < -0.3 is 9.47 Å². The second-order valence-electron chi connectivity index (χ2n) is 13.6. The topological polar surface area (TPSA) is 21.1 Å². The molecule has 0 aliphatic heterocycles. The van der Waals surface area contributed by atoms with Gasteiger partial charge in [-0.3, -0.25) is 4.98 Å². The van der Waals surface area contributed by atoms with Gasteiger partial charge in [-0.25, -0.2) is 0 Å². The van der Waals surface area contributed by atoms with Crippen LogP contribution < -0.4 is 4.90 Å². The Kier molecular flexibility index (Phi) is 7.81. The van der Waals surface area contributed by atoms with Crippen molar-refractivity contribution in [3.63, 3.8) is 0 Å². The summed E-state index contributed by atoms with van der Waals surface area (Å²) < 4.78 is 2.36. The Morgan fingerprint density at radius 2 is 0.944 bits per heavy atom. The molecule has 0 radical (unpaired) electrons. The number of aromatic nitrogens is 2. The van der Waals surface area contributed by atoms with Gasteiger partial charge in [-0.1, -0.05) is 133 Å². The van der Waals surface area contributed by atoms with Crippen LogP contribution in [0, 0.1) is 0 Å². The van der Waals surface area contributed by atoms with Crippen LogP contribution in [0.2, 0.25) is 0 Å². The molecule has 3 heteroatoms. The molecule has 0 saturated heterocycles. The summed E-state index contributed by atoms with van der Waals surface area (Å²) in [6, 6.07) is 72.0.